The number of hydrogen-bond donors (Lipinski definition) is 0. The van der Waals surface area contributed by atoms with Gasteiger partial charge in [0.1, 0.15) is 5.78 Å². The van der Waals surface area contributed by atoms with Crippen molar-refractivity contribution >= 4 is 5.78 Å². The predicted octanol–water partition coefficient (Wildman–Crippen LogP) is 4.26. The third-order valence-corrected chi connectivity index (χ3v) is 5.33. The molecule has 0 aromatic heterocycles. The first-order chi connectivity index (χ1) is 8.72. The van der Waals surface area contributed by atoms with Crippen LogP contribution in [0, 0.1) is 0 Å². The molecule has 0 heterocycles. The summed E-state index contributed by atoms with van der Waals surface area (Å²) >= 11 is 0. The summed E-state index contributed by atoms with van der Waals surface area (Å²) in [5, 5.41) is 0. The molecule has 1 unspecified atom stereocenters. The van der Waals surface area contributed by atoms with Gasteiger partial charge in [0.15, 0.2) is 0 Å². The van der Waals surface area contributed by atoms with Crippen molar-refractivity contribution in [1.29, 1.82) is 0 Å². The number of benzene rings is 1. The van der Waals surface area contributed by atoms with E-state index in [1.807, 2.05) is 0 Å². The Labute approximate surface area is 116 Å². The molecule has 0 saturated heterocycles. The molecule has 1 aromatic rings. The zero-order chi connectivity index (χ0) is 14.0. The highest BCUT2D eigenvalue weighted by atomic mass is 16.1. The van der Waals surface area contributed by atoms with Crippen molar-refractivity contribution in [2.24, 2.45) is 0 Å². The van der Waals surface area contributed by atoms with Gasteiger partial charge in [-0.3, -0.25) is 4.79 Å². The predicted molar refractivity (Wildman–Crippen MR) is 78.9 cm³/mol. The second-order valence-corrected chi connectivity index (χ2v) is 7.73. The van der Waals surface area contributed by atoms with E-state index >= 15 is 0 Å². The number of fused-ring (bicyclic) bond motifs is 2. The molecule has 19 heavy (non-hydrogen) atoms. The van der Waals surface area contributed by atoms with E-state index in [1.54, 1.807) is 6.92 Å². The van der Waals surface area contributed by atoms with Crippen molar-refractivity contribution < 1.29 is 4.79 Å². The lowest BCUT2D eigenvalue weighted by Crippen LogP contribution is -2.16. The summed E-state index contributed by atoms with van der Waals surface area (Å²) in [4.78, 5) is 11.9. The molecule has 2 aliphatic carbocycles. The van der Waals surface area contributed by atoms with Gasteiger partial charge in [-0.05, 0) is 59.3 Å². The van der Waals surface area contributed by atoms with Crippen LogP contribution in [0.4, 0.5) is 0 Å². The summed E-state index contributed by atoms with van der Waals surface area (Å²) in [6, 6.07) is 4.76. The minimum Gasteiger partial charge on any atom is -0.299 e. The van der Waals surface area contributed by atoms with Crippen LogP contribution < -0.4 is 0 Å². The second-order valence-electron chi connectivity index (χ2n) is 7.73. The van der Waals surface area contributed by atoms with E-state index in [1.165, 1.54) is 35.1 Å². The highest BCUT2D eigenvalue weighted by Crippen LogP contribution is 2.50. The van der Waals surface area contributed by atoms with Gasteiger partial charge in [0.05, 0.1) is 0 Å². The van der Waals surface area contributed by atoms with E-state index in [-0.39, 0.29) is 11.3 Å². The third kappa shape index (κ3) is 1.78. The van der Waals surface area contributed by atoms with Gasteiger partial charge < -0.3 is 0 Å². The first kappa shape index (κ1) is 12.9. The fourth-order valence-electron chi connectivity index (χ4n) is 4.05. The first-order valence-electron chi connectivity index (χ1n) is 7.41. The Kier molecular flexibility index (Phi) is 2.52. The molecular weight excluding hydrogens is 232 g/mol. The number of aryl methyl sites for hydroxylation is 1. The van der Waals surface area contributed by atoms with Gasteiger partial charge in [-0.1, -0.05) is 39.8 Å². The Bertz CT molecular complexity index is 563. The fourth-order valence-corrected chi connectivity index (χ4v) is 4.05. The van der Waals surface area contributed by atoms with E-state index in [9.17, 15) is 4.79 Å². The number of carbonyl (C=O) groups excluding carboxylic acids is 1. The maximum absolute atomic E-state index is 11.9. The molecule has 0 radical (unpaired) electrons. The van der Waals surface area contributed by atoms with Gasteiger partial charge in [0.25, 0.3) is 0 Å². The van der Waals surface area contributed by atoms with Gasteiger partial charge in [0, 0.05) is 5.92 Å². The number of carbonyl (C=O) groups is 1. The van der Waals surface area contributed by atoms with Crippen LogP contribution >= 0.6 is 0 Å². The third-order valence-electron chi connectivity index (χ3n) is 5.33. The van der Waals surface area contributed by atoms with Gasteiger partial charge in [0.2, 0.25) is 0 Å². The van der Waals surface area contributed by atoms with Gasteiger partial charge in [-0.25, -0.2) is 0 Å². The molecule has 102 valence electrons. The normalized spacial score (nSPS) is 26.1. The van der Waals surface area contributed by atoms with Crippen LogP contribution in [-0.2, 0) is 22.0 Å². The van der Waals surface area contributed by atoms with Crippen molar-refractivity contribution in [1.82, 2.24) is 0 Å². The topological polar surface area (TPSA) is 17.1 Å². The van der Waals surface area contributed by atoms with E-state index < -0.39 is 0 Å². The summed E-state index contributed by atoms with van der Waals surface area (Å²) in [5.74, 6) is 0.447. The van der Waals surface area contributed by atoms with Crippen LogP contribution in [0.15, 0.2) is 12.1 Å². The van der Waals surface area contributed by atoms with Crippen LogP contribution in [0.25, 0.3) is 0 Å². The minimum atomic E-state index is 0.124. The number of Topliss-reactive ketones (excluding diaryl/α,β-unsaturated/α-hetero) is 1. The zero-order valence-corrected chi connectivity index (χ0v) is 12.8. The highest BCUT2D eigenvalue weighted by molar-refractivity contribution is 5.85. The lowest BCUT2D eigenvalue weighted by Gasteiger charge is -2.24. The van der Waals surface area contributed by atoms with Crippen molar-refractivity contribution in [3.63, 3.8) is 0 Å². The van der Waals surface area contributed by atoms with Crippen LogP contribution in [0.2, 0.25) is 0 Å². The molecule has 3 rings (SSSR count). The molecule has 1 heteroatoms. The Hall–Kier alpha value is -1.11. The molecule has 1 nitrogen and oxygen atoms in total. The van der Waals surface area contributed by atoms with Crippen molar-refractivity contribution in [2.45, 2.75) is 70.6 Å². The standard InChI is InChI=1S/C18H24O/c1-11(19)14-10-18(4,5)16-9-15-12(8-13(14)16)6-7-17(15,2)3/h8-9,14H,6-7,10H2,1-5H3. The summed E-state index contributed by atoms with van der Waals surface area (Å²) in [6.07, 6.45) is 3.37. The molecule has 0 aliphatic heterocycles. The molecule has 1 atom stereocenters. The second kappa shape index (κ2) is 3.71. The molecule has 2 aliphatic rings. The summed E-state index contributed by atoms with van der Waals surface area (Å²) in [5.41, 5.74) is 6.17. The maximum atomic E-state index is 11.9. The smallest absolute Gasteiger partial charge is 0.137 e. The SMILES string of the molecule is CC(=O)C1CC(C)(C)c2cc3c(cc21)CCC3(C)C. The van der Waals surface area contributed by atoms with Crippen molar-refractivity contribution in [2.75, 3.05) is 0 Å². The minimum absolute atomic E-state index is 0.124. The molecule has 0 saturated carbocycles. The lowest BCUT2D eigenvalue weighted by atomic mass is 9.81. The molecule has 0 fully saturated rings. The lowest BCUT2D eigenvalue weighted by molar-refractivity contribution is -0.118. The number of rotatable bonds is 1. The first-order valence-corrected chi connectivity index (χ1v) is 7.41. The summed E-state index contributed by atoms with van der Waals surface area (Å²) in [7, 11) is 0. The molecular formula is C18H24O. The van der Waals surface area contributed by atoms with E-state index in [2.05, 4.69) is 39.8 Å². The summed E-state index contributed by atoms with van der Waals surface area (Å²) in [6.45, 7) is 11.0. The average molecular weight is 256 g/mol. The van der Waals surface area contributed by atoms with E-state index in [4.69, 9.17) is 0 Å². The molecule has 0 spiro atoms. The Morgan fingerprint density at radius 1 is 1.11 bits per heavy atom. The van der Waals surface area contributed by atoms with Crippen LogP contribution in [-0.4, -0.2) is 5.78 Å². The van der Waals surface area contributed by atoms with Crippen LogP contribution in [0.5, 0.6) is 0 Å². The summed E-state index contributed by atoms with van der Waals surface area (Å²) < 4.78 is 0. The number of hydrogen-bond acceptors (Lipinski definition) is 1. The Morgan fingerprint density at radius 2 is 1.79 bits per heavy atom. The van der Waals surface area contributed by atoms with Crippen LogP contribution in [0.3, 0.4) is 0 Å². The Balaban J connectivity index is 2.21. The molecule has 0 amide bonds. The fraction of sp³-hybridized carbons (Fsp3) is 0.611. The van der Waals surface area contributed by atoms with Gasteiger partial charge in [-0.15, -0.1) is 0 Å². The Morgan fingerprint density at radius 3 is 2.42 bits per heavy atom. The van der Waals surface area contributed by atoms with Crippen LogP contribution in [0.1, 0.15) is 75.6 Å². The largest absolute Gasteiger partial charge is 0.299 e. The van der Waals surface area contributed by atoms with Crippen molar-refractivity contribution in [3.8, 4) is 0 Å². The average Bonchev–Trinajstić information content (AvgIpc) is 2.74. The molecule has 1 aromatic carbocycles. The number of ketones is 1. The molecule has 0 bridgehead atoms. The zero-order valence-electron chi connectivity index (χ0n) is 12.8. The van der Waals surface area contributed by atoms with Gasteiger partial charge >= 0.3 is 0 Å². The van der Waals surface area contributed by atoms with Crippen molar-refractivity contribution in [3.05, 3.63) is 34.4 Å². The van der Waals surface area contributed by atoms with Gasteiger partial charge in [-0.2, -0.15) is 0 Å². The van der Waals surface area contributed by atoms with E-state index in [0.717, 1.165) is 6.42 Å². The quantitative estimate of drug-likeness (QED) is 0.733. The maximum Gasteiger partial charge on any atom is 0.137 e. The van der Waals surface area contributed by atoms with E-state index in [0.29, 0.717) is 11.2 Å². The molecule has 0 N–H and O–H groups in total. The highest BCUT2D eigenvalue weighted by Gasteiger charge is 2.41. The monoisotopic (exact) mass is 256 g/mol.